The van der Waals surface area contributed by atoms with Gasteiger partial charge in [0.1, 0.15) is 5.69 Å². The summed E-state index contributed by atoms with van der Waals surface area (Å²) in [4.78, 5) is 9.74. The second kappa shape index (κ2) is 5.64. The van der Waals surface area contributed by atoms with Crippen molar-refractivity contribution in [3.05, 3.63) is 28.3 Å². The molecule has 0 aromatic heterocycles. The molecule has 0 radical (unpaired) electrons. The molecule has 2 N–H and O–H groups in total. The van der Waals surface area contributed by atoms with Crippen LogP contribution in [-0.4, -0.2) is 31.2 Å². The Labute approximate surface area is 110 Å². The van der Waals surface area contributed by atoms with E-state index < -0.39 is 20.6 Å². The third kappa shape index (κ3) is 3.18. The van der Waals surface area contributed by atoms with E-state index in [2.05, 4.69) is 0 Å². The van der Waals surface area contributed by atoms with Gasteiger partial charge < -0.3 is 5.73 Å². The number of nitro groups is 1. The fourth-order valence-corrected chi connectivity index (χ4v) is 2.54. The minimum absolute atomic E-state index is 0.0109. The van der Waals surface area contributed by atoms with E-state index in [9.17, 15) is 18.5 Å². The molecular weight excluding hydrogens is 272 g/mol. The van der Waals surface area contributed by atoms with Crippen molar-refractivity contribution in [2.24, 2.45) is 0 Å². The molecule has 0 aliphatic rings. The zero-order valence-corrected chi connectivity index (χ0v) is 10.9. The fourth-order valence-electron chi connectivity index (χ4n) is 1.35. The van der Waals surface area contributed by atoms with Crippen molar-refractivity contribution >= 4 is 21.4 Å². The van der Waals surface area contributed by atoms with Crippen molar-refractivity contribution in [2.75, 3.05) is 19.3 Å². The van der Waals surface area contributed by atoms with Gasteiger partial charge in [-0.05, 0) is 12.1 Å². The first-order valence-electron chi connectivity index (χ1n) is 5.18. The molecule has 0 bridgehead atoms. The summed E-state index contributed by atoms with van der Waals surface area (Å²) in [7, 11) is -2.56. The predicted octanol–water partition coefficient (Wildman–Crippen LogP) is 0.711. The highest BCUT2D eigenvalue weighted by Crippen LogP contribution is 2.26. The maximum Gasteiger partial charge on any atom is 0.293 e. The Bertz CT molecular complexity index is 635. The molecule has 0 aliphatic carbocycles. The van der Waals surface area contributed by atoms with E-state index >= 15 is 0 Å². The van der Waals surface area contributed by atoms with Crippen molar-refractivity contribution in [1.82, 2.24) is 4.31 Å². The van der Waals surface area contributed by atoms with Gasteiger partial charge in [0.2, 0.25) is 10.0 Å². The zero-order chi connectivity index (χ0) is 14.6. The number of hydrogen-bond donors (Lipinski definition) is 1. The number of nitriles is 1. The smallest absolute Gasteiger partial charge is 0.293 e. The first kappa shape index (κ1) is 14.9. The number of hydrogen-bond acceptors (Lipinski definition) is 6. The van der Waals surface area contributed by atoms with Gasteiger partial charge in [-0.25, -0.2) is 8.42 Å². The van der Waals surface area contributed by atoms with E-state index in [1.54, 1.807) is 0 Å². The molecule has 0 atom stereocenters. The summed E-state index contributed by atoms with van der Waals surface area (Å²) in [5.41, 5.74) is 4.83. The summed E-state index contributed by atoms with van der Waals surface area (Å²) in [6, 6.07) is 5.10. The van der Waals surface area contributed by atoms with Gasteiger partial charge in [0.05, 0.1) is 15.9 Å². The number of rotatable bonds is 5. The van der Waals surface area contributed by atoms with Gasteiger partial charge in [-0.2, -0.15) is 9.57 Å². The van der Waals surface area contributed by atoms with Crippen molar-refractivity contribution < 1.29 is 13.3 Å². The number of nitro benzene ring substituents is 1. The molecular formula is C10H12N4O4S. The van der Waals surface area contributed by atoms with Crippen LogP contribution in [0, 0.1) is 21.4 Å². The third-order valence-corrected chi connectivity index (χ3v) is 4.30. The Morgan fingerprint density at radius 2 is 2.16 bits per heavy atom. The number of nitrogens with zero attached hydrogens (tertiary/aromatic N) is 3. The lowest BCUT2D eigenvalue weighted by molar-refractivity contribution is -0.384. The maximum absolute atomic E-state index is 12.1. The van der Waals surface area contributed by atoms with E-state index in [4.69, 9.17) is 11.0 Å². The van der Waals surface area contributed by atoms with Crippen LogP contribution in [0.25, 0.3) is 0 Å². The van der Waals surface area contributed by atoms with Gasteiger partial charge in [0, 0.05) is 26.1 Å². The largest absolute Gasteiger partial charge is 0.393 e. The van der Waals surface area contributed by atoms with Crippen molar-refractivity contribution in [2.45, 2.75) is 11.3 Å². The number of anilines is 1. The van der Waals surface area contributed by atoms with Crippen LogP contribution < -0.4 is 5.73 Å². The Morgan fingerprint density at radius 3 is 2.68 bits per heavy atom. The minimum Gasteiger partial charge on any atom is -0.393 e. The molecule has 1 rings (SSSR count). The third-order valence-electron chi connectivity index (χ3n) is 2.45. The Kier molecular flexibility index (Phi) is 4.42. The molecule has 8 nitrogen and oxygen atoms in total. The molecule has 1 aromatic rings. The standard InChI is InChI=1S/C10H12N4O4S/c1-13(6-2-5-11)19(17,18)8-3-4-9(12)10(7-8)14(15)16/h3-4,7H,2,6,12H2,1H3. The number of sulfonamides is 1. The molecule has 0 heterocycles. The number of nitrogen functional groups attached to an aromatic ring is 1. The monoisotopic (exact) mass is 284 g/mol. The quantitative estimate of drug-likeness (QED) is 0.481. The lowest BCUT2D eigenvalue weighted by Gasteiger charge is -2.15. The lowest BCUT2D eigenvalue weighted by Crippen LogP contribution is -2.27. The second-order valence-electron chi connectivity index (χ2n) is 3.71. The Morgan fingerprint density at radius 1 is 1.53 bits per heavy atom. The van der Waals surface area contributed by atoms with Crippen LogP contribution in [0.5, 0.6) is 0 Å². The molecule has 0 fully saturated rings. The van der Waals surface area contributed by atoms with E-state index in [0.29, 0.717) is 0 Å². The normalized spacial score (nSPS) is 11.2. The van der Waals surface area contributed by atoms with Gasteiger partial charge in [-0.1, -0.05) is 0 Å². The van der Waals surface area contributed by atoms with Crippen LogP contribution in [0.3, 0.4) is 0 Å². The molecule has 0 aliphatic heterocycles. The maximum atomic E-state index is 12.1. The average molecular weight is 284 g/mol. The topological polar surface area (TPSA) is 130 Å². The van der Waals surface area contributed by atoms with Gasteiger partial charge in [0.15, 0.2) is 0 Å². The summed E-state index contributed by atoms with van der Waals surface area (Å²) in [5.74, 6) is 0. The van der Waals surface area contributed by atoms with Crippen LogP contribution in [0.15, 0.2) is 23.1 Å². The molecule has 9 heteroatoms. The van der Waals surface area contributed by atoms with Gasteiger partial charge in [-0.3, -0.25) is 10.1 Å². The fraction of sp³-hybridized carbons (Fsp3) is 0.300. The van der Waals surface area contributed by atoms with Gasteiger partial charge >= 0.3 is 0 Å². The number of nitrogens with two attached hydrogens (primary N) is 1. The summed E-state index contributed by atoms with van der Waals surface area (Å²) in [6.45, 7) is 0.0109. The van der Waals surface area contributed by atoms with Crippen molar-refractivity contribution in [1.29, 1.82) is 5.26 Å². The molecule has 1 aromatic carbocycles. The first-order chi connectivity index (χ1) is 8.80. The van der Waals surface area contributed by atoms with Gasteiger partial charge in [-0.15, -0.1) is 0 Å². The van der Waals surface area contributed by atoms with Gasteiger partial charge in [0.25, 0.3) is 5.69 Å². The molecule has 0 unspecified atom stereocenters. The van der Waals surface area contributed by atoms with Crippen molar-refractivity contribution in [3.8, 4) is 6.07 Å². The van der Waals surface area contributed by atoms with Crippen LogP contribution in [0.2, 0.25) is 0 Å². The lowest BCUT2D eigenvalue weighted by atomic mass is 10.3. The van der Waals surface area contributed by atoms with E-state index in [-0.39, 0.29) is 23.5 Å². The Balaban J connectivity index is 3.19. The molecule has 0 amide bonds. The molecule has 102 valence electrons. The molecule has 0 saturated heterocycles. The Hall–Kier alpha value is -2.18. The second-order valence-corrected chi connectivity index (χ2v) is 5.76. The first-order valence-corrected chi connectivity index (χ1v) is 6.62. The van der Waals surface area contributed by atoms with E-state index in [1.807, 2.05) is 6.07 Å². The molecule has 0 saturated carbocycles. The SMILES string of the molecule is CN(CCC#N)S(=O)(=O)c1ccc(N)c([N+](=O)[O-])c1. The van der Waals surface area contributed by atoms with Crippen molar-refractivity contribution in [3.63, 3.8) is 0 Å². The zero-order valence-electron chi connectivity index (χ0n) is 10.1. The van der Waals surface area contributed by atoms with E-state index in [1.165, 1.54) is 19.2 Å². The van der Waals surface area contributed by atoms with Crippen LogP contribution in [0.1, 0.15) is 6.42 Å². The predicted molar refractivity (Wildman–Crippen MR) is 67.6 cm³/mol. The van der Waals surface area contributed by atoms with Crippen LogP contribution in [0.4, 0.5) is 11.4 Å². The molecule has 19 heavy (non-hydrogen) atoms. The highest BCUT2D eigenvalue weighted by atomic mass is 32.2. The van der Waals surface area contributed by atoms with Crippen LogP contribution in [-0.2, 0) is 10.0 Å². The summed E-state index contributed by atoms with van der Waals surface area (Å²) in [6.07, 6.45) is 0.0345. The summed E-state index contributed by atoms with van der Waals surface area (Å²) < 4.78 is 25.1. The summed E-state index contributed by atoms with van der Waals surface area (Å²) >= 11 is 0. The number of benzene rings is 1. The summed E-state index contributed by atoms with van der Waals surface area (Å²) in [5, 5.41) is 19.1. The minimum atomic E-state index is -3.86. The van der Waals surface area contributed by atoms with Crippen LogP contribution >= 0.6 is 0 Å². The highest BCUT2D eigenvalue weighted by Gasteiger charge is 2.24. The molecule has 0 spiro atoms. The average Bonchev–Trinajstić information content (AvgIpc) is 2.35. The highest BCUT2D eigenvalue weighted by molar-refractivity contribution is 7.89. The van der Waals surface area contributed by atoms with E-state index in [0.717, 1.165) is 10.4 Å².